The van der Waals surface area contributed by atoms with Gasteiger partial charge in [-0.25, -0.2) is 9.97 Å². The van der Waals surface area contributed by atoms with Crippen molar-refractivity contribution in [1.82, 2.24) is 15.0 Å². The molecule has 2 N–H and O–H groups in total. The molecule has 3 heterocycles. The van der Waals surface area contributed by atoms with Crippen LogP contribution in [0.3, 0.4) is 0 Å². The number of benzene rings is 3. The van der Waals surface area contributed by atoms with E-state index >= 15 is 0 Å². The van der Waals surface area contributed by atoms with E-state index in [2.05, 4.69) is 21.8 Å². The van der Waals surface area contributed by atoms with Crippen LogP contribution in [0.1, 0.15) is 48.6 Å². The van der Waals surface area contributed by atoms with Crippen molar-refractivity contribution < 1.29 is 19.7 Å². The van der Waals surface area contributed by atoms with Crippen molar-refractivity contribution in [3.05, 3.63) is 95.2 Å². The third-order valence-electron chi connectivity index (χ3n) is 6.55. The highest BCUT2D eigenvalue weighted by Crippen LogP contribution is 2.42. The maximum absolute atomic E-state index is 11.9. The quantitative estimate of drug-likeness (QED) is 0.272. The number of carboxylic acid groups (broad SMARTS) is 1. The molecule has 6 rings (SSSR count). The highest BCUT2D eigenvalue weighted by Gasteiger charge is 2.22. The van der Waals surface area contributed by atoms with Gasteiger partial charge in [-0.05, 0) is 91.1 Å². The van der Waals surface area contributed by atoms with Gasteiger partial charge in [0.2, 0.25) is 0 Å². The average Bonchev–Trinajstić information content (AvgIpc) is 2.93. The first-order valence-corrected chi connectivity index (χ1v) is 13.4. The van der Waals surface area contributed by atoms with Crippen LogP contribution in [-0.2, 0) is 17.6 Å². The number of carbonyl (C=O) groups is 1. The Morgan fingerprint density at radius 2 is 1.76 bits per heavy atom. The summed E-state index contributed by atoms with van der Waals surface area (Å²) in [5.74, 6) is 6.23. The van der Waals surface area contributed by atoms with E-state index in [0.29, 0.717) is 6.61 Å². The van der Waals surface area contributed by atoms with E-state index in [-0.39, 0.29) is 6.42 Å². The van der Waals surface area contributed by atoms with Crippen molar-refractivity contribution in [2.45, 2.75) is 46.1 Å². The number of aryl methyl sites for hydroxylation is 1. The van der Waals surface area contributed by atoms with Gasteiger partial charge in [-0.15, -0.1) is 0 Å². The molecule has 0 amide bonds. The molecule has 206 valence electrons. The molecule has 0 atom stereocenters. The number of rotatable bonds is 3. The number of hydrogen-bond acceptors (Lipinski definition) is 6. The lowest BCUT2D eigenvalue weighted by Gasteiger charge is -2.21. The average molecular weight is 546 g/mol. The summed E-state index contributed by atoms with van der Waals surface area (Å²) in [5, 5.41) is 21.2. The molecular weight excluding hydrogens is 514 g/mol. The first-order chi connectivity index (χ1) is 19.6. The minimum Gasteiger partial charge on any atom is -0.493 e. The molecule has 0 fully saturated rings. The molecule has 0 bridgehead atoms. The first-order valence-electron chi connectivity index (χ1n) is 13.4. The second-order valence-electron chi connectivity index (χ2n) is 11.0. The monoisotopic (exact) mass is 545 g/mol. The highest BCUT2D eigenvalue weighted by molar-refractivity contribution is 6.08. The van der Waals surface area contributed by atoms with Gasteiger partial charge in [-0.1, -0.05) is 24.0 Å². The maximum Gasteiger partial charge on any atom is 0.307 e. The second-order valence-corrected chi connectivity index (χ2v) is 11.0. The molecule has 0 radical (unpaired) electrons. The van der Waals surface area contributed by atoms with Crippen molar-refractivity contribution in [2.75, 3.05) is 6.61 Å². The van der Waals surface area contributed by atoms with Crippen molar-refractivity contribution in [3.8, 4) is 28.7 Å². The third-order valence-corrected chi connectivity index (χ3v) is 6.55. The summed E-state index contributed by atoms with van der Waals surface area (Å²) >= 11 is 0. The summed E-state index contributed by atoms with van der Waals surface area (Å²) in [6, 6.07) is 14.1. The van der Waals surface area contributed by atoms with Gasteiger partial charge in [-0.3, -0.25) is 9.78 Å². The van der Waals surface area contributed by atoms with Gasteiger partial charge in [0, 0.05) is 41.5 Å². The van der Waals surface area contributed by atoms with Crippen LogP contribution >= 0.6 is 0 Å². The number of ether oxygens (including phenoxy) is 1. The number of fused-ring (bicyclic) bond motifs is 1. The summed E-state index contributed by atoms with van der Waals surface area (Å²) in [4.78, 5) is 24.6. The number of nitrogens with zero attached hydrogens (tertiary/aromatic N) is 3. The lowest BCUT2D eigenvalue weighted by atomic mass is 9.86. The molecule has 0 saturated heterocycles. The van der Waals surface area contributed by atoms with Crippen molar-refractivity contribution >= 4 is 27.6 Å². The first kappa shape index (κ1) is 27.8. The lowest BCUT2D eigenvalue weighted by Crippen LogP contribution is -2.10. The molecular formula is C34H31N3O4. The van der Waals surface area contributed by atoms with E-state index in [1.54, 1.807) is 33.2 Å². The molecule has 0 spiro atoms. The molecule has 2 aromatic heterocycles. The van der Waals surface area contributed by atoms with Gasteiger partial charge < -0.3 is 14.9 Å². The minimum atomic E-state index is -0.870. The van der Waals surface area contributed by atoms with Crippen molar-refractivity contribution in [3.63, 3.8) is 0 Å². The van der Waals surface area contributed by atoms with Crippen LogP contribution in [0, 0.1) is 18.8 Å². The van der Waals surface area contributed by atoms with E-state index in [9.17, 15) is 9.90 Å². The van der Waals surface area contributed by atoms with Gasteiger partial charge >= 0.3 is 5.97 Å². The standard InChI is InChI=1S/C30H21N3O3.C4H10O/c1-18-12-22-13-19(2-3-20-15-31-17-32-16-20)4-5-23(22)29(25(18)14-27(34)35)24-6-7-26-28-21(9-11-36-26)8-10-33-30(24)28;1-4(2,3)5/h4-8,10,12-13,15-17H,9,11,14H2,1H3,(H,34,35);5H,1-3H3. The van der Waals surface area contributed by atoms with E-state index in [4.69, 9.17) is 14.8 Å². The largest absolute Gasteiger partial charge is 0.493 e. The Morgan fingerprint density at radius 3 is 2.49 bits per heavy atom. The van der Waals surface area contributed by atoms with Gasteiger partial charge in [-0.2, -0.15) is 0 Å². The summed E-state index contributed by atoms with van der Waals surface area (Å²) in [5.41, 5.74) is 6.62. The molecule has 7 heteroatoms. The zero-order chi connectivity index (χ0) is 29.1. The van der Waals surface area contributed by atoms with E-state index < -0.39 is 11.6 Å². The van der Waals surface area contributed by atoms with E-state index in [0.717, 1.165) is 67.2 Å². The van der Waals surface area contributed by atoms with Crippen LogP contribution in [0.25, 0.3) is 32.8 Å². The van der Waals surface area contributed by atoms with Gasteiger partial charge in [0.05, 0.1) is 29.7 Å². The van der Waals surface area contributed by atoms with E-state index in [1.165, 1.54) is 11.9 Å². The zero-order valence-electron chi connectivity index (χ0n) is 23.5. The summed E-state index contributed by atoms with van der Waals surface area (Å²) < 4.78 is 5.91. The predicted octanol–water partition coefficient (Wildman–Crippen LogP) is 5.89. The number of aliphatic hydroxyl groups is 1. The molecule has 0 saturated carbocycles. The Balaban J connectivity index is 0.000000623. The Hall–Kier alpha value is -4.80. The lowest BCUT2D eigenvalue weighted by molar-refractivity contribution is -0.136. The third kappa shape index (κ3) is 6.34. The summed E-state index contributed by atoms with van der Waals surface area (Å²) in [7, 11) is 0. The Bertz CT molecular complexity index is 1810. The molecule has 7 nitrogen and oxygen atoms in total. The number of aromatic nitrogens is 3. The van der Waals surface area contributed by atoms with Gasteiger partial charge in [0.15, 0.2) is 0 Å². The van der Waals surface area contributed by atoms with Crippen LogP contribution in [-0.4, -0.2) is 43.3 Å². The van der Waals surface area contributed by atoms with Gasteiger partial charge in [0.1, 0.15) is 12.1 Å². The molecule has 0 aliphatic carbocycles. The molecule has 1 aliphatic heterocycles. The number of pyridine rings is 1. The molecule has 3 aromatic carbocycles. The zero-order valence-corrected chi connectivity index (χ0v) is 23.5. The molecule has 0 unspecified atom stereocenters. The SMILES string of the molecule is CC(C)(C)O.Cc1cc2cc(C#Cc3cncnc3)ccc2c(-c2ccc3c4c(ccnc24)CCO3)c1CC(=O)O. The molecule has 1 aliphatic rings. The topological polar surface area (TPSA) is 105 Å². The smallest absolute Gasteiger partial charge is 0.307 e. The molecule has 5 aromatic rings. The Morgan fingerprint density at radius 1 is 1.02 bits per heavy atom. The van der Waals surface area contributed by atoms with Crippen LogP contribution in [0.15, 0.2) is 67.4 Å². The fourth-order valence-corrected chi connectivity index (χ4v) is 4.97. The van der Waals surface area contributed by atoms with Crippen LogP contribution in [0.5, 0.6) is 5.75 Å². The fraction of sp³-hybridized carbons (Fsp3) is 0.235. The van der Waals surface area contributed by atoms with Gasteiger partial charge in [0.25, 0.3) is 0 Å². The Labute approximate surface area is 238 Å². The fourth-order valence-electron chi connectivity index (χ4n) is 4.97. The van der Waals surface area contributed by atoms with Crippen LogP contribution in [0.2, 0.25) is 0 Å². The summed E-state index contributed by atoms with van der Waals surface area (Å²) in [6.45, 7) is 7.83. The van der Waals surface area contributed by atoms with Crippen molar-refractivity contribution in [1.29, 1.82) is 0 Å². The maximum atomic E-state index is 11.9. The van der Waals surface area contributed by atoms with Crippen LogP contribution < -0.4 is 4.74 Å². The molecule has 41 heavy (non-hydrogen) atoms. The Kier molecular flexibility index (Phi) is 7.69. The normalized spacial score (nSPS) is 12.1. The highest BCUT2D eigenvalue weighted by atomic mass is 16.5. The van der Waals surface area contributed by atoms with Crippen molar-refractivity contribution in [2.24, 2.45) is 0 Å². The number of carboxylic acids is 1. The number of hydrogen-bond donors (Lipinski definition) is 2. The van der Waals surface area contributed by atoms with E-state index in [1.807, 2.05) is 55.6 Å². The minimum absolute atomic E-state index is 0.0773. The summed E-state index contributed by atoms with van der Waals surface area (Å²) in [6.07, 6.45) is 7.40. The predicted molar refractivity (Wildman–Crippen MR) is 160 cm³/mol. The second kappa shape index (κ2) is 11.4. The van der Waals surface area contributed by atoms with Crippen LogP contribution in [0.4, 0.5) is 0 Å². The number of aliphatic carboxylic acids is 1.